The van der Waals surface area contributed by atoms with Crippen LogP contribution in [0, 0.1) is 16.6 Å². The Morgan fingerprint density at radius 2 is 1.81 bits per heavy atom. The number of rotatable bonds is 14. The number of carbonyl (C=O) groups is 1. The van der Waals surface area contributed by atoms with Crippen molar-refractivity contribution in [2.24, 2.45) is 10.8 Å². The second-order valence-corrected chi connectivity index (χ2v) is 16.2. The van der Waals surface area contributed by atoms with E-state index in [1.54, 1.807) is 37.7 Å². The number of nitrogens with zero attached hydrogens (tertiary/aromatic N) is 5. The standard InChI is InChI=1S/C36H49FN7O7P/c1-34(2,3)36(35(4,5)6,51-52(46,47)48)31-13-9-14-43(31)15-10-16-50-30-19-28-27(18-29(30)49-7)33(39-23-38-28)42-26-20-40-44(21-26)22-32(45)41-25-12-8-11-24(37)17-25/h8,11-12,17-21,23,31H,9-10,13-16,22H2,1-7H3,(H,41,45)(H,38,39,42)(H2,46,47,48)/t31-/m1/s1. The lowest BCUT2D eigenvalue weighted by Crippen LogP contribution is -2.65. The molecule has 1 saturated heterocycles. The molecule has 1 amide bonds. The number of ether oxygens (including phenoxy) is 2. The molecule has 1 aliphatic heterocycles. The summed E-state index contributed by atoms with van der Waals surface area (Å²) in [5, 5.41) is 10.8. The minimum absolute atomic E-state index is 0.0785. The van der Waals surface area contributed by atoms with E-state index in [0.717, 1.165) is 19.4 Å². The number of methoxy groups -OCH3 is 1. The van der Waals surface area contributed by atoms with E-state index in [0.29, 0.717) is 59.2 Å². The molecule has 14 nitrogen and oxygen atoms in total. The maximum atomic E-state index is 13.5. The molecular weight excluding hydrogens is 692 g/mol. The van der Waals surface area contributed by atoms with Gasteiger partial charge in [-0.05, 0) is 60.9 Å². The number of amides is 1. The van der Waals surface area contributed by atoms with E-state index < -0.39 is 30.1 Å². The summed E-state index contributed by atoms with van der Waals surface area (Å²) < 4.78 is 45.0. The Kier molecular flexibility index (Phi) is 11.6. The van der Waals surface area contributed by atoms with E-state index in [1.807, 2.05) is 41.5 Å². The Morgan fingerprint density at radius 3 is 2.48 bits per heavy atom. The van der Waals surface area contributed by atoms with E-state index in [9.17, 15) is 23.5 Å². The highest BCUT2D eigenvalue weighted by atomic mass is 31.2. The van der Waals surface area contributed by atoms with Crippen LogP contribution in [0.5, 0.6) is 11.5 Å². The average molecular weight is 742 g/mol. The van der Waals surface area contributed by atoms with E-state index >= 15 is 0 Å². The number of carbonyl (C=O) groups excluding carboxylic acids is 1. The third kappa shape index (κ3) is 8.89. The summed E-state index contributed by atoms with van der Waals surface area (Å²) in [6, 6.07) is 9.04. The molecule has 0 unspecified atom stereocenters. The first-order valence-corrected chi connectivity index (χ1v) is 18.7. The number of halogens is 1. The summed E-state index contributed by atoms with van der Waals surface area (Å²) in [6.07, 6.45) is 6.96. The highest BCUT2D eigenvalue weighted by Gasteiger charge is 2.61. The zero-order valence-electron chi connectivity index (χ0n) is 30.7. The molecule has 3 heterocycles. The maximum Gasteiger partial charge on any atom is 0.470 e. The van der Waals surface area contributed by atoms with Crippen molar-refractivity contribution in [2.45, 2.75) is 79.0 Å². The Balaban J connectivity index is 1.24. The molecular formula is C36H49FN7O7P. The minimum Gasteiger partial charge on any atom is -0.493 e. The van der Waals surface area contributed by atoms with Crippen LogP contribution in [0.3, 0.4) is 0 Å². The summed E-state index contributed by atoms with van der Waals surface area (Å²) >= 11 is 0. The lowest BCUT2D eigenvalue weighted by Gasteiger charge is -2.57. The number of fused-ring (bicyclic) bond motifs is 1. The fourth-order valence-electron chi connectivity index (χ4n) is 7.65. The van der Waals surface area contributed by atoms with Gasteiger partial charge in [0.1, 0.15) is 30.1 Å². The number of aromatic nitrogens is 4. The fraction of sp³-hybridized carbons (Fsp3) is 0.500. The van der Waals surface area contributed by atoms with Gasteiger partial charge in [0.25, 0.3) is 0 Å². The number of benzene rings is 2. The Morgan fingerprint density at radius 1 is 1.06 bits per heavy atom. The predicted molar refractivity (Wildman–Crippen MR) is 196 cm³/mol. The van der Waals surface area contributed by atoms with Crippen LogP contribution in [0.1, 0.15) is 60.8 Å². The van der Waals surface area contributed by atoms with Crippen LogP contribution in [-0.4, -0.2) is 78.8 Å². The Labute approximate surface area is 303 Å². The zero-order valence-corrected chi connectivity index (χ0v) is 31.6. The summed E-state index contributed by atoms with van der Waals surface area (Å²) in [6.45, 7) is 13.6. The fourth-order valence-corrected chi connectivity index (χ4v) is 8.70. The average Bonchev–Trinajstić information content (AvgIpc) is 3.69. The first kappa shape index (κ1) is 39.1. The van der Waals surface area contributed by atoms with Crippen LogP contribution in [0.4, 0.5) is 21.6 Å². The highest BCUT2D eigenvalue weighted by molar-refractivity contribution is 7.46. The highest BCUT2D eigenvalue weighted by Crippen LogP contribution is 2.59. The molecule has 0 radical (unpaired) electrons. The van der Waals surface area contributed by atoms with E-state index in [2.05, 4.69) is 30.6 Å². The molecule has 1 fully saturated rings. The molecule has 1 atom stereocenters. The van der Waals surface area contributed by atoms with Crippen molar-refractivity contribution in [1.29, 1.82) is 0 Å². The smallest absolute Gasteiger partial charge is 0.470 e. The van der Waals surface area contributed by atoms with Crippen molar-refractivity contribution >= 4 is 41.8 Å². The van der Waals surface area contributed by atoms with Gasteiger partial charge in [-0.1, -0.05) is 47.6 Å². The van der Waals surface area contributed by atoms with E-state index in [1.165, 1.54) is 29.2 Å². The van der Waals surface area contributed by atoms with Gasteiger partial charge in [0.2, 0.25) is 5.91 Å². The molecule has 2 aromatic carbocycles. The number of anilines is 3. The minimum atomic E-state index is -4.81. The monoisotopic (exact) mass is 741 g/mol. The molecule has 5 rings (SSSR count). The molecule has 0 aliphatic carbocycles. The summed E-state index contributed by atoms with van der Waals surface area (Å²) in [5.74, 6) is 0.697. The van der Waals surface area contributed by atoms with Crippen LogP contribution in [0.2, 0.25) is 0 Å². The maximum absolute atomic E-state index is 13.5. The van der Waals surface area contributed by atoms with Crippen LogP contribution in [-0.2, 0) is 20.4 Å². The third-order valence-corrected chi connectivity index (χ3v) is 9.93. The van der Waals surface area contributed by atoms with Crippen molar-refractivity contribution in [3.63, 3.8) is 0 Å². The van der Waals surface area contributed by atoms with Gasteiger partial charge < -0.3 is 29.9 Å². The summed E-state index contributed by atoms with van der Waals surface area (Å²) in [5.41, 5.74) is -0.717. The lowest BCUT2D eigenvalue weighted by atomic mass is 9.58. The van der Waals surface area contributed by atoms with Crippen molar-refractivity contribution in [2.75, 3.05) is 37.4 Å². The van der Waals surface area contributed by atoms with Gasteiger partial charge in [0.05, 0.1) is 31.1 Å². The molecule has 282 valence electrons. The van der Waals surface area contributed by atoms with Gasteiger partial charge in [-0.15, -0.1) is 0 Å². The zero-order chi connectivity index (χ0) is 37.9. The third-order valence-electron chi connectivity index (χ3n) is 9.40. The second kappa shape index (κ2) is 15.5. The van der Waals surface area contributed by atoms with Gasteiger partial charge in [0.15, 0.2) is 11.5 Å². The van der Waals surface area contributed by atoms with Gasteiger partial charge >= 0.3 is 7.82 Å². The molecule has 52 heavy (non-hydrogen) atoms. The first-order valence-electron chi connectivity index (χ1n) is 17.2. The van der Waals surface area contributed by atoms with Crippen LogP contribution in [0.25, 0.3) is 10.9 Å². The van der Waals surface area contributed by atoms with Gasteiger partial charge in [-0.25, -0.2) is 18.9 Å². The quantitative estimate of drug-likeness (QED) is 0.0815. The van der Waals surface area contributed by atoms with Crippen LogP contribution in [0.15, 0.2) is 55.1 Å². The van der Waals surface area contributed by atoms with Crippen molar-refractivity contribution in [1.82, 2.24) is 24.6 Å². The van der Waals surface area contributed by atoms with Crippen LogP contribution < -0.4 is 20.1 Å². The number of nitrogens with one attached hydrogen (secondary N) is 2. The summed E-state index contributed by atoms with van der Waals surface area (Å²) in [7, 11) is -3.26. The molecule has 0 saturated carbocycles. The number of hydrogen-bond acceptors (Lipinski definition) is 10. The van der Waals surface area contributed by atoms with Gasteiger partial charge in [-0.3, -0.25) is 18.9 Å². The molecule has 0 bridgehead atoms. The molecule has 4 aromatic rings. The number of phosphoric acid groups is 1. The number of likely N-dealkylation sites (tertiary alicyclic amines) is 1. The van der Waals surface area contributed by atoms with E-state index in [-0.39, 0.29) is 18.5 Å². The normalized spacial score (nSPS) is 15.9. The largest absolute Gasteiger partial charge is 0.493 e. The van der Waals surface area contributed by atoms with Gasteiger partial charge in [0, 0.05) is 35.9 Å². The van der Waals surface area contributed by atoms with E-state index in [4.69, 9.17) is 14.0 Å². The van der Waals surface area contributed by atoms with Crippen molar-refractivity contribution in [3.8, 4) is 11.5 Å². The molecule has 1 aliphatic rings. The Bertz CT molecular complexity index is 1910. The van der Waals surface area contributed by atoms with Gasteiger partial charge in [-0.2, -0.15) is 5.10 Å². The predicted octanol–water partition coefficient (Wildman–Crippen LogP) is 6.53. The number of phosphoric ester groups is 1. The second-order valence-electron chi connectivity index (χ2n) is 15.1. The molecule has 4 N–H and O–H groups in total. The van der Waals surface area contributed by atoms with Crippen LogP contribution >= 0.6 is 7.82 Å². The SMILES string of the molecule is COc1cc2c(Nc3cnn(CC(=O)Nc4cccc(F)c4)c3)ncnc2cc1OCCCN1CCC[C@@H]1C(OP(=O)(O)O)(C(C)(C)C)C(C)(C)C. The first-order chi connectivity index (χ1) is 24.4. The summed E-state index contributed by atoms with van der Waals surface area (Å²) in [4.78, 5) is 43.7. The van der Waals surface area contributed by atoms with Crippen molar-refractivity contribution in [3.05, 3.63) is 60.9 Å². The molecule has 0 spiro atoms. The topological polar surface area (TPSA) is 173 Å². The molecule has 2 aromatic heterocycles. The lowest BCUT2D eigenvalue weighted by molar-refractivity contribution is -0.168. The van der Waals surface area contributed by atoms with Crippen molar-refractivity contribution < 1.29 is 37.5 Å². The molecule has 16 heteroatoms. The number of hydrogen-bond donors (Lipinski definition) is 4. The Hall–Kier alpha value is -4.14.